The Kier molecular flexibility index (Phi) is 4.08. The molecule has 1 fully saturated rings. The van der Waals surface area contributed by atoms with Crippen LogP contribution in [0.15, 0.2) is 59.5 Å². The monoisotopic (exact) mass is 329 g/mol. The molecule has 2 aromatic rings. The summed E-state index contributed by atoms with van der Waals surface area (Å²) in [5.41, 5.74) is 1.44. The fourth-order valence-corrected chi connectivity index (χ4v) is 4.48. The summed E-state index contributed by atoms with van der Waals surface area (Å²) in [4.78, 5) is 12.8. The Morgan fingerprint density at radius 2 is 1.74 bits per heavy atom. The molecule has 1 heterocycles. The molecule has 0 amide bonds. The van der Waals surface area contributed by atoms with Gasteiger partial charge in [0.15, 0.2) is 0 Å². The summed E-state index contributed by atoms with van der Waals surface area (Å²) in [7, 11) is -0.0618. The number of hydrogen-bond donors (Lipinski definition) is 0. The second kappa shape index (κ2) is 5.91. The first kappa shape index (κ1) is 15.9. The molecular weight excluding hydrogens is 310 g/mol. The van der Waals surface area contributed by atoms with Crippen molar-refractivity contribution < 1.29 is 13.7 Å². The molecule has 0 bridgehead atoms. The first-order chi connectivity index (χ1) is 11.0. The van der Waals surface area contributed by atoms with Crippen molar-refractivity contribution in [1.82, 2.24) is 4.31 Å². The number of rotatable bonds is 4. The first-order valence-electron chi connectivity index (χ1n) is 7.41. The third-order valence-corrected chi connectivity index (χ3v) is 5.96. The normalized spacial score (nSPS) is 27.3. The number of ether oxygens (including phenoxy) is 1. The van der Waals surface area contributed by atoms with Crippen LogP contribution in [0.5, 0.6) is 0 Å². The van der Waals surface area contributed by atoms with Crippen molar-refractivity contribution in [3.8, 4) is 0 Å². The Morgan fingerprint density at radius 1 is 1.13 bits per heavy atom. The molecule has 3 rings (SSSR count). The molecule has 1 saturated heterocycles. The fourth-order valence-electron chi connectivity index (χ4n) is 2.89. The number of hydrogen-bond acceptors (Lipinski definition) is 3. The molecule has 2 aromatic carbocycles. The predicted octanol–water partition coefficient (Wildman–Crippen LogP) is 2.79. The van der Waals surface area contributed by atoms with Crippen LogP contribution < -0.4 is 0 Å². The zero-order valence-corrected chi connectivity index (χ0v) is 14.2. The Hall–Kier alpha value is -1.98. The summed E-state index contributed by atoms with van der Waals surface area (Å²) >= 11 is 0. The van der Waals surface area contributed by atoms with Crippen LogP contribution in [0.1, 0.15) is 18.1 Å². The van der Waals surface area contributed by atoms with Gasteiger partial charge in [0.05, 0.1) is 17.5 Å². The quantitative estimate of drug-likeness (QED) is 0.640. The summed E-state index contributed by atoms with van der Waals surface area (Å²) < 4.78 is 19.6. The number of benzene rings is 2. The average Bonchev–Trinajstić information content (AvgIpc) is 3.22. The van der Waals surface area contributed by atoms with E-state index in [9.17, 15) is 9.00 Å². The molecule has 5 heteroatoms. The van der Waals surface area contributed by atoms with E-state index in [1.54, 1.807) is 4.31 Å². The number of nitrogens with zero attached hydrogens (tertiary/aromatic N) is 1. The van der Waals surface area contributed by atoms with Gasteiger partial charge in [0.1, 0.15) is 17.0 Å². The predicted molar refractivity (Wildman–Crippen MR) is 89.0 cm³/mol. The molecule has 4 nitrogen and oxygen atoms in total. The van der Waals surface area contributed by atoms with Crippen LogP contribution in [0.25, 0.3) is 0 Å². The van der Waals surface area contributed by atoms with E-state index in [4.69, 9.17) is 4.74 Å². The molecule has 120 valence electrons. The van der Waals surface area contributed by atoms with Gasteiger partial charge in [-0.3, -0.25) is 4.79 Å². The van der Waals surface area contributed by atoms with Gasteiger partial charge >= 0.3 is 5.97 Å². The van der Waals surface area contributed by atoms with E-state index in [1.165, 1.54) is 7.11 Å². The van der Waals surface area contributed by atoms with Crippen LogP contribution in [-0.4, -0.2) is 27.6 Å². The fraction of sp³-hybridized carbons (Fsp3) is 0.278. The minimum absolute atomic E-state index is 0.364. The Labute approximate surface area is 138 Å². The largest absolute Gasteiger partial charge is 0.468 e. The maximum atomic E-state index is 13.0. The van der Waals surface area contributed by atoms with Crippen molar-refractivity contribution in [3.63, 3.8) is 0 Å². The van der Waals surface area contributed by atoms with E-state index in [2.05, 4.69) is 0 Å². The van der Waals surface area contributed by atoms with Crippen molar-refractivity contribution in [2.45, 2.75) is 30.3 Å². The number of methoxy groups -OCH3 is 1. The van der Waals surface area contributed by atoms with E-state index in [0.717, 1.165) is 11.1 Å². The van der Waals surface area contributed by atoms with Crippen LogP contribution in [-0.2, 0) is 26.1 Å². The van der Waals surface area contributed by atoms with Gasteiger partial charge in [-0.2, -0.15) is 4.31 Å². The molecular formula is C18H19NO3S. The highest BCUT2D eigenvalue weighted by atomic mass is 32.2. The molecule has 0 saturated carbocycles. The second-order valence-corrected chi connectivity index (χ2v) is 7.19. The lowest BCUT2D eigenvalue weighted by atomic mass is 9.97. The van der Waals surface area contributed by atoms with Crippen LogP contribution in [0.4, 0.5) is 0 Å². The number of carbonyl (C=O) groups is 1. The third kappa shape index (κ3) is 2.60. The van der Waals surface area contributed by atoms with Gasteiger partial charge in [-0.1, -0.05) is 48.0 Å². The highest BCUT2D eigenvalue weighted by molar-refractivity contribution is 7.83. The van der Waals surface area contributed by atoms with Gasteiger partial charge in [-0.05, 0) is 31.5 Å². The lowest BCUT2D eigenvalue weighted by Crippen LogP contribution is -2.17. The molecule has 4 atom stereocenters. The lowest BCUT2D eigenvalue weighted by Gasteiger charge is -2.12. The third-order valence-electron chi connectivity index (χ3n) is 4.34. The summed E-state index contributed by atoms with van der Waals surface area (Å²) in [5, 5.41) is 0. The molecule has 0 N–H and O–H groups in total. The number of carbonyl (C=O) groups excluding carboxylic acids is 1. The molecule has 1 aliphatic heterocycles. The summed E-state index contributed by atoms with van der Waals surface area (Å²) in [6.45, 7) is 3.91. The molecule has 1 aliphatic rings. The summed E-state index contributed by atoms with van der Waals surface area (Å²) in [6, 6.07) is 16.6. The lowest BCUT2D eigenvalue weighted by molar-refractivity contribution is -0.140. The maximum absolute atomic E-state index is 13.0. The van der Waals surface area contributed by atoms with Gasteiger partial charge < -0.3 is 4.74 Å². The van der Waals surface area contributed by atoms with Crippen molar-refractivity contribution in [3.05, 3.63) is 65.7 Å². The van der Waals surface area contributed by atoms with E-state index < -0.39 is 22.6 Å². The van der Waals surface area contributed by atoms with Crippen molar-refractivity contribution in [1.29, 1.82) is 0 Å². The maximum Gasteiger partial charge on any atom is 0.326 e. The van der Waals surface area contributed by atoms with Gasteiger partial charge in [-0.15, -0.1) is 0 Å². The van der Waals surface area contributed by atoms with E-state index in [0.29, 0.717) is 4.90 Å². The number of esters is 1. The van der Waals surface area contributed by atoms with Crippen molar-refractivity contribution >= 4 is 17.0 Å². The Morgan fingerprint density at radius 3 is 2.30 bits per heavy atom. The van der Waals surface area contributed by atoms with Crippen LogP contribution in [0, 0.1) is 6.92 Å². The highest BCUT2D eigenvalue weighted by Crippen LogP contribution is 2.52. The summed E-state index contributed by atoms with van der Waals surface area (Å²) in [5.74, 6) is -0.364. The molecule has 0 radical (unpaired) electrons. The highest BCUT2D eigenvalue weighted by Gasteiger charge is 2.68. The number of aryl methyl sites for hydroxylation is 1. The molecule has 0 aliphatic carbocycles. The van der Waals surface area contributed by atoms with E-state index in [-0.39, 0.29) is 5.97 Å². The van der Waals surface area contributed by atoms with E-state index in [1.807, 2.05) is 68.4 Å². The standard InChI is InChI=1S/C18H19NO3S/c1-13-9-11-15(12-10-13)23(21)19-16(17(20)22-3)18(19,2)14-7-5-4-6-8-14/h4-12,16H,1-3H3/t16-,18+,19?,23+/m1/s1. The summed E-state index contributed by atoms with van der Waals surface area (Å²) in [6.07, 6.45) is 0. The van der Waals surface area contributed by atoms with Gasteiger partial charge in [0.2, 0.25) is 0 Å². The van der Waals surface area contributed by atoms with Crippen LogP contribution in [0.3, 0.4) is 0 Å². The minimum atomic E-state index is -1.42. The van der Waals surface area contributed by atoms with Gasteiger partial charge in [0.25, 0.3) is 0 Å². The van der Waals surface area contributed by atoms with Gasteiger partial charge in [0, 0.05) is 0 Å². The van der Waals surface area contributed by atoms with Crippen LogP contribution in [0.2, 0.25) is 0 Å². The molecule has 1 unspecified atom stereocenters. The zero-order chi connectivity index (χ0) is 16.6. The second-order valence-electron chi connectivity index (χ2n) is 5.83. The SMILES string of the molecule is COC(=O)[C@H]1N([S@@](=O)c2ccc(C)cc2)[C@@]1(C)c1ccccc1. The van der Waals surface area contributed by atoms with Crippen molar-refractivity contribution in [2.24, 2.45) is 0 Å². The Balaban J connectivity index is 1.98. The topological polar surface area (TPSA) is 46.4 Å². The first-order valence-corrected chi connectivity index (χ1v) is 8.52. The van der Waals surface area contributed by atoms with Gasteiger partial charge in [-0.25, -0.2) is 4.21 Å². The molecule has 0 aromatic heterocycles. The average molecular weight is 329 g/mol. The van der Waals surface area contributed by atoms with E-state index >= 15 is 0 Å². The Bertz CT molecular complexity index is 745. The zero-order valence-electron chi connectivity index (χ0n) is 13.4. The smallest absolute Gasteiger partial charge is 0.326 e. The van der Waals surface area contributed by atoms with Crippen LogP contribution >= 0.6 is 0 Å². The van der Waals surface area contributed by atoms with Crippen molar-refractivity contribution in [2.75, 3.05) is 7.11 Å². The molecule has 23 heavy (non-hydrogen) atoms. The minimum Gasteiger partial charge on any atom is -0.468 e. The molecule has 0 spiro atoms.